The minimum Gasteiger partial charge on any atom is -0.496 e. The van der Waals surface area contributed by atoms with Gasteiger partial charge < -0.3 is 18.3 Å². The van der Waals surface area contributed by atoms with Gasteiger partial charge in [-0.15, -0.1) is 16.4 Å². The Morgan fingerprint density at radius 2 is 1.97 bits per heavy atom. The van der Waals surface area contributed by atoms with Gasteiger partial charge in [-0.25, -0.2) is 0 Å². The van der Waals surface area contributed by atoms with E-state index < -0.39 is 14.2 Å². The molecule has 0 radical (unpaired) electrons. The number of rotatable bonds is 9. The fourth-order valence-corrected chi connectivity index (χ4v) is 4.23. The Balaban J connectivity index is 1.59. The van der Waals surface area contributed by atoms with Gasteiger partial charge in [0.2, 0.25) is 0 Å². The Bertz CT molecular complexity index is 1040. The van der Waals surface area contributed by atoms with E-state index in [-0.39, 0.29) is 11.1 Å². The number of aromatic nitrogens is 2. The number of anilines is 1. The molecule has 0 saturated carbocycles. The summed E-state index contributed by atoms with van der Waals surface area (Å²) in [4.78, 5) is 13.5. The number of hydrogen-bond acceptors (Lipinski definition) is 8. The first-order valence-electron chi connectivity index (χ1n) is 10.2. The Kier molecular flexibility index (Phi) is 7.37. The second-order valence-corrected chi connectivity index (χ2v) is 14.4. The van der Waals surface area contributed by atoms with Crippen molar-refractivity contribution in [2.75, 3.05) is 25.6 Å². The molecule has 0 unspecified atom stereocenters. The molecule has 10 heteroatoms. The van der Waals surface area contributed by atoms with Crippen LogP contribution < -0.4 is 14.8 Å². The van der Waals surface area contributed by atoms with E-state index in [4.69, 9.17) is 18.3 Å². The maximum absolute atomic E-state index is 12.7. The lowest BCUT2D eigenvalue weighted by atomic mass is 10.2. The third kappa shape index (κ3) is 5.75. The first-order valence-corrected chi connectivity index (χ1v) is 14.0. The van der Waals surface area contributed by atoms with Gasteiger partial charge in [0.15, 0.2) is 8.32 Å². The third-order valence-electron chi connectivity index (χ3n) is 5.42. The van der Waals surface area contributed by atoms with Gasteiger partial charge in [0.05, 0.1) is 24.2 Å². The smallest absolute Gasteiger partial charge is 0.322 e. The number of nitrogens with one attached hydrogen (secondary N) is 1. The van der Waals surface area contributed by atoms with Crippen LogP contribution in [0.1, 0.15) is 31.1 Å². The number of hydrogen-bond donors (Lipinski definition) is 1. The van der Waals surface area contributed by atoms with Crippen LogP contribution in [0.25, 0.3) is 10.8 Å². The highest BCUT2D eigenvalue weighted by atomic mass is 32.1. The number of thiophene rings is 1. The average molecular weight is 476 g/mol. The molecule has 1 N–H and O–H groups in total. The van der Waals surface area contributed by atoms with Crippen LogP contribution in [0.2, 0.25) is 18.1 Å². The summed E-state index contributed by atoms with van der Waals surface area (Å²) in [5, 5.41) is 12.5. The molecule has 2 aromatic heterocycles. The van der Waals surface area contributed by atoms with E-state index >= 15 is 0 Å². The fourth-order valence-electron chi connectivity index (χ4n) is 2.56. The molecule has 0 atom stereocenters. The summed E-state index contributed by atoms with van der Waals surface area (Å²) >= 11 is 1.47. The summed E-state index contributed by atoms with van der Waals surface area (Å²) in [6.45, 7) is 11.9. The molecule has 1 amide bonds. The van der Waals surface area contributed by atoms with Crippen molar-refractivity contribution in [3.05, 3.63) is 41.3 Å². The molecular weight excluding hydrogens is 446 g/mol. The first-order chi connectivity index (χ1) is 15.1. The molecule has 1 aromatic carbocycles. The van der Waals surface area contributed by atoms with Crippen molar-refractivity contribution < 1.29 is 23.1 Å². The van der Waals surface area contributed by atoms with E-state index in [1.807, 2.05) is 17.5 Å². The average Bonchev–Trinajstić information content (AvgIpc) is 3.42. The van der Waals surface area contributed by atoms with Crippen molar-refractivity contribution in [2.45, 2.75) is 38.9 Å². The molecule has 0 aliphatic carbocycles. The molecule has 3 rings (SSSR count). The zero-order valence-electron chi connectivity index (χ0n) is 19.2. The van der Waals surface area contributed by atoms with Crippen molar-refractivity contribution >= 4 is 31.6 Å². The molecule has 0 spiro atoms. The van der Waals surface area contributed by atoms with Gasteiger partial charge in [-0.2, -0.15) is 0 Å². The predicted octanol–water partition coefficient (Wildman–Crippen LogP) is 5.46. The number of amides is 1. The van der Waals surface area contributed by atoms with Crippen molar-refractivity contribution in [2.24, 2.45) is 0 Å². The largest absolute Gasteiger partial charge is 0.496 e. The monoisotopic (exact) mass is 475 g/mol. The highest BCUT2D eigenvalue weighted by Crippen LogP contribution is 2.36. The van der Waals surface area contributed by atoms with E-state index in [0.29, 0.717) is 36.2 Å². The Labute approximate surface area is 193 Å². The van der Waals surface area contributed by atoms with Crippen LogP contribution >= 0.6 is 11.3 Å². The van der Waals surface area contributed by atoms with E-state index in [0.717, 1.165) is 4.88 Å². The summed E-state index contributed by atoms with van der Waals surface area (Å²) < 4.78 is 22.8. The molecule has 0 aliphatic heterocycles. The van der Waals surface area contributed by atoms with Crippen molar-refractivity contribution in [1.29, 1.82) is 0 Å². The molecule has 0 fully saturated rings. The number of carbonyl (C=O) groups is 1. The molecule has 172 valence electrons. The molecule has 3 aromatic rings. The lowest BCUT2D eigenvalue weighted by Crippen LogP contribution is -2.41. The van der Waals surface area contributed by atoms with E-state index in [2.05, 4.69) is 49.4 Å². The minimum atomic E-state index is -1.81. The lowest BCUT2D eigenvalue weighted by Gasteiger charge is -2.36. The van der Waals surface area contributed by atoms with Crippen LogP contribution in [0.3, 0.4) is 0 Å². The van der Waals surface area contributed by atoms with Gasteiger partial charge in [0.25, 0.3) is 11.8 Å². The Morgan fingerprint density at radius 3 is 2.62 bits per heavy atom. The van der Waals surface area contributed by atoms with Crippen LogP contribution in [0.15, 0.2) is 40.1 Å². The maximum atomic E-state index is 12.7. The Hall–Kier alpha value is -2.69. The topological polar surface area (TPSA) is 95.7 Å². The summed E-state index contributed by atoms with van der Waals surface area (Å²) in [6.07, 6.45) is 0. The standard InChI is InChI=1S/C22H29N3O5SSi/c1-22(2,3)32(5,6)29-12-11-28-15-9-10-16(17(14-15)27-4)19(26)23-21-25-24-20(30-21)18-8-7-13-31-18/h7-10,13-14H,11-12H2,1-6H3,(H,23,25,26). The van der Waals surface area contributed by atoms with Crippen molar-refractivity contribution in [3.63, 3.8) is 0 Å². The summed E-state index contributed by atoms with van der Waals surface area (Å²) in [6, 6.07) is 8.79. The molecule has 8 nitrogen and oxygen atoms in total. The second-order valence-electron chi connectivity index (χ2n) is 8.66. The van der Waals surface area contributed by atoms with Gasteiger partial charge in [-0.3, -0.25) is 10.1 Å². The first kappa shape index (κ1) is 24.0. The summed E-state index contributed by atoms with van der Waals surface area (Å²) in [5.41, 5.74) is 0.327. The van der Waals surface area contributed by atoms with E-state index in [1.165, 1.54) is 18.4 Å². The Morgan fingerprint density at radius 1 is 1.19 bits per heavy atom. The van der Waals surface area contributed by atoms with Crippen LogP contribution in [-0.2, 0) is 4.43 Å². The number of carbonyl (C=O) groups excluding carboxylic acids is 1. The summed E-state index contributed by atoms with van der Waals surface area (Å²) in [5.74, 6) is 0.903. The number of methoxy groups -OCH3 is 1. The zero-order chi connectivity index (χ0) is 23.4. The molecular formula is C22H29N3O5SSi. The molecule has 0 saturated heterocycles. The zero-order valence-corrected chi connectivity index (χ0v) is 21.0. The highest BCUT2D eigenvalue weighted by molar-refractivity contribution is 7.13. The highest BCUT2D eigenvalue weighted by Gasteiger charge is 2.36. The van der Waals surface area contributed by atoms with Crippen LogP contribution in [-0.4, -0.2) is 44.7 Å². The van der Waals surface area contributed by atoms with Crippen LogP contribution in [0.4, 0.5) is 6.01 Å². The van der Waals surface area contributed by atoms with Crippen molar-refractivity contribution in [1.82, 2.24) is 10.2 Å². The predicted molar refractivity (Wildman–Crippen MR) is 127 cm³/mol. The molecule has 32 heavy (non-hydrogen) atoms. The normalized spacial score (nSPS) is 11.9. The van der Waals surface area contributed by atoms with Gasteiger partial charge >= 0.3 is 6.01 Å². The van der Waals surface area contributed by atoms with Crippen LogP contribution in [0, 0.1) is 0 Å². The molecule has 0 aliphatic rings. The minimum absolute atomic E-state index is 0.0172. The fraction of sp³-hybridized carbons (Fsp3) is 0.409. The molecule has 0 bridgehead atoms. The molecule has 2 heterocycles. The second kappa shape index (κ2) is 9.84. The maximum Gasteiger partial charge on any atom is 0.322 e. The number of benzene rings is 1. The van der Waals surface area contributed by atoms with Gasteiger partial charge in [-0.05, 0) is 41.7 Å². The van der Waals surface area contributed by atoms with Crippen molar-refractivity contribution in [3.8, 4) is 22.3 Å². The van der Waals surface area contributed by atoms with Crippen LogP contribution in [0.5, 0.6) is 11.5 Å². The third-order valence-corrected chi connectivity index (χ3v) is 10.8. The number of ether oxygens (including phenoxy) is 2. The van der Waals surface area contributed by atoms with Gasteiger partial charge in [0.1, 0.15) is 18.1 Å². The lowest BCUT2D eigenvalue weighted by molar-refractivity contribution is 0.102. The SMILES string of the molecule is COc1cc(OCCO[Si](C)(C)C(C)(C)C)ccc1C(=O)Nc1nnc(-c2cccs2)o1. The number of nitrogens with zero attached hydrogens (tertiary/aromatic N) is 2. The van der Waals surface area contributed by atoms with E-state index in [1.54, 1.807) is 18.2 Å². The van der Waals surface area contributed by atoms with E-state index in [9.17, 15) is 4.79 Å². The van der Waals surface area contributed by atoms with Gasteiger partial charge in [0, 0.05) is 6.07 Å². The summed E-state index contributed by atoms with van der Waals surface area (Å²) in [7, 11) is -0.317. The van der Waals surface area contributed by atoms with Gasteiger partial charge in [-0.1, -0.05) is 31.9 Å². The quantitative estimate of drug-likeness (QED) is 0.324.